The molecule has 0 bridgehead atoms. The Kier molecular flexibility index (Phi) is 3.20. The van der Waals surface area contributed by atoms with Crippen molar-refractivity contribution in [1.29, 1.82) is 0 Å². The van der Waals surface area contributed by atoms with Crippen molar-refractivity contribution in [1.82, 2.24) is 0 Å². The van der Waals surface area contributed by atoms with Crippen LogP contribution in [0.1, 0.15) is 37.2 Å². The molecule has 0 heterocycles. The van der Waals surface area contributed by atoms with Gasteiger partial charge in [0.15, 0.2) is 0 Å². The highest BCUT2D eigenvalue weighted by atomic mass is 16.3. The average molecular weight is 190 g/mol. The summed E-state index contributed by atoms with van der Waals surface area (Å²) in [5, 5.41) is 9.32. The van der Waals surface area contributed by atoms with Gasteiger partial charge in [-0.25, -0.2) is 0 Å². The van der Waals surface area contributed by atoms with Crippen LogP contribution in [0.4, 0.5) is 0 Å². The minimum Gasteiger partial charge on any atom is -0.396 e. The van der Waals surface area contributed by atoms with Gasteiger partial charge in [-0.3, -0.25) is 0 Å². The third kappa shape index (κ3) is 1.98. The summed E-state index contributed by atoms with van der Waals surface area (Å²) in [6.45, 7) is 0.347. The maximum Gasteiger partial charge on any atom is 0.0465 e. The van der Waals surface area contributed by atoms with Gasteiger partial charge < -0.3 is 5.11 Å². The van der Waals surface area contributed by atoms with Crippen molar-refractivity contribution in [2.24, 2.45) is 5.92 Å². The number of hydrogen-bond acceptors (Lipinski definition) is 1. The molecule has 1 aliphatic carbocycles. The molecule has 2 rings (SSSR count). The molecule has 0 saturated heterocycles. The molecule has 1 aromatic rings. The van der Waals surface area contributed by atoms with Gasteiger partial charge in [-0.2, -0.15) is 0 Å². The molecule has 1 nitrogen and oxygen atoms in total. The number of aliphatic hydroxyl groups excluding tert-OH is 1. The molecule has 0 aromatic heterocycles. The Morgan fingerprint density at radius 1 is 1.07 bits per heavy atom. The van der Waals surface area contributed by atoms with Gasteiger partial charge in [0.05, 0.1) is 0 Å². The predicted molar refractivity (Wildman–Crippen MR) is 58.2 cm³/mol. The molecule has 0 radical (unpaired) electrons. The van der Waals surface area contributed by atoms with E-state index in [1.54, 1.807) is 0 Å². The van der Waals surface area contributed by atoms with Gasteiger partial charge in [0.1, 0.15) is 0 Å². The van der Waals surface area contributed by atoms with E-state index in [0.717, 1.165) is 0 Å². The summed E-state index contributed by atoms with van der Waals surface area (Å²) in [6.07, 6.45) is 5.04. The zero-order valence-electron chi connectivity index (χ0n) is 8.52. The molecular formula is C13H18O. The second-order valence-corrected chi connectivity index (χ2v) is 4.24. The lowest BCUT2D eigenvalue weighted by molar-refractivity contribution is 0.169. The monoisotopic (exact) mass is 190 g/mol. The smallest absolute Gasteiger partial charge is 0.0465 e. The third-order valence-corrected chi connectivity index (χ3v) is 3.37. The molecule has 1 aromatic carbocycles. The molecule has 2 unspecified atom stereocenters. The lowest BCUT2D eigenvalue weighted by Gasteiger charge is -2.30. The lowest BCUT2D eigenvalue weighted by Crippen LogP contribution is -2.20. The van der Waals surface area contributed by atoms with E-state index in [-0.39, 0.29) is 0 Å². The van der Waals surface area contributed by atoms with E-state index < -0.39 is 0 Å². The standard InChI is InChI=1S/C13H18O/c14-10-12-8-4-5-9-13(12)11-6-2-1-3-7-11/h1-3,6-7,12-14H,4-5,8-10H2. The van der Waals surface area contributed by atoms with Crippen molar-refractivity contribution in [2.45, 2.75) is 31.6 Å². The van der Waals surface area contributed by atoms with Gasteiger partial charge in [-0.15, -0.1) is 0 Å². The highest BCUT2D eigenvalue weighted by Crippen LogP contribution is 2.37. The highest BCUT2D eigenvalue weighted by molar-refractivity contribution is 5.20. The molecule has 1 heteroatoms. The fraction of sp³-hybridized carbons (Fsp3) is 0.538. The van der Waals surface area contributed by atoms with Crippen molar-refractivity contribution >= 4 is 0 Å². The second-order valence-electron chi connectivity index (χ2n) is 4.24. The van der Waals surface area contributed by atoms with Gasteiger partial charge in [-0.05, 0) is 30.2 Å². The molecule has 1 N–H and O–H groups in total. The number of rotatable bonds is 2. The van der Waals surface area contributed by atoms with Gasteiger partial charge >= 0.3 is 0 Å². The fourth-order valence-electron chi connectivity index (χ4n) is 2.57. The van der Waals surface area contributed by atoms with Gasteiger partial charge in [0.25, 0.3) is 0 Å². The van der Waals surface area contributed by atoms with Crippen LogP contribution in [-0.2, 0) is 0 Å². The average Bonchev–Trinajstić information content (AvgIpc) is 2.30. The first kappa shape index (κ1) is 9.72. The predicted octanol–water partition coefficient (Wildman–Crippen LogP) is 2.95. The van der Waals surface area contributed by atoms with Crippen LogP contribution in [0.25, 0.3) is 0 Å². The molecule has 0 spiro atoms. The summed E-state index contributed by atoms with van der Waals surface area (Å²) in [5.41, 5.74) is 1.41. The quantitative estimate of drug-likeness (QED) is 0.760. The van der Waals surface area contributed by atoms with E-state index in [0.29, 0.717) is 18.4 Å². The molecule has 0 amide bonds. The Morgan fingerprint density at radius 3 is 2.50 bits per heavy atom. The van der Waals surface area contributed by atoms with Gasteiger partial charge in [0, 0.05) is 6.61 Å². The molecule has 1 aliphatic rings. The summed E-state index contributed by atoms with van der Waals surface area (Å²) < 4.78 is 0. The highest BCUT2D eigenvalue weighted by Gasteiger charge is 2.25. The Morgan fingerprint density at radius 2 is 1.79 bits per heavy atom. The van der Waals surface area contributed by atoms with E-state index in [1.807, 2.05) is 0 Å². The summed E-state index contributed by atoms with van der Waals surface area (Å²) in [5.74, 6) is 1.08. The molecule has 2 atom stereocenters. The zero-order chi connectivity index (χ0) is 9.80. The van der Waals surface area contributed by atoms with Gasteiger partial charge in [-0.1, -0.05) is 43.2 Å². The fourth-order valence-corrected chi connectivity index (χ4v) is 2.57. The van der Waals surface area contributed by atoms with Crippen LogP contribution in [0.15, 0.2) is 30.3 Å². The van der Waals surface area contributed by atoms with Gasteiger partial charge in [0.2, 0.25) is 0 Å². The Labute approximate surface area is 85.8 Å². The number of hydrogen-bond donors (Lipinski definition) is 1. The van der Waals surface area contributed by atoms with Crippen LogP contribution in [0.3, 0.4) is 0 Å². The SMILES string of the molecule is OCC1CCCCC1c1ccccc1. The summed E-state index contributed by atoms with van der Waals surface area (Å²) in [7, 11) is 0. The van der Waals surface area contributed by atoms with E-state index in [4.69, 9.17) is 0 Å². The van der Waals surface area contributed by atoms with Crippen molar-refractivity contribution in [2.75, 3.05) is 6.61 Å². The maximum atomic E-state index is 9.32. The number of benzene rings is 1. The second kappa shape index (κ2) is 4.61. The molecule has 1 saturated carbocycles. The zero-order valence-corrected chi connectivity index (χ0v) is 8.52. The summed E-state index contributed by atoms with van der Waals surface area (Å²) in [6, 6.07) is 10.6. The number of aliphatic hydroxyl groups is 1. The molecule has 1 fully saturated rings. The maximum absolute atomic E-state index is 9.32. The lowest BCUT2D eigenvalue weighted by atomic mass is 9.76. The third-order valence-electron chi connectivity index (χ3n) is 3.37. The van der Waals surface area contributed by atoms with Crippen LogP contribution in [0.5, 0.6) is 0 Å². The minimum absolute atomic E-state index is 0.347. The van der Waals surface area contributed by atoms with Crippen LogP contribution < -0.4 is 0 Å². The normalized spacial score (nSPS) is 27.5. The Balaban J connectivity index is 2.15. The van der Waals surface area contributed by atoms with Crippen LogP contribution in [0.2, 0.25) is 0 Å². The first-order chi connectivity index (χ1) is 6.92. The van der Waals surface area contributed by atoms with Crippen LogP contribution in [0, 0.1) is 5.92 Å². The largest absolute Gasteiger partial charge is 0.396 e. The van der Waals surface area contributed by atoms with E-state index in [2.05, 4.69) is 30.3 Å². The molecule has 76 valence electrons. The summed E-state index contributed by atoms with van der Waals surface area (Å²) in [4.78, 5) is 0. The molecule has 14 heavy (non-hydrogen) atoms. The van der Waals surface area contributed by atoms with Crippen molar-refractivity contribution in [3.8, 4) is 0 Å². The van der Waals surface area contributed by atoms with E-state index in [1.165, 1.54) is 31.2 Å². The van der Waals surface area contributed by atoms with Crippen molar-refractivity contribution < 1.29 is 5.11 Å². The van der Waals surface area contributed by atoms with Crippen LogP contribution >= 0.6 is 0 Å². The first-order valence-corrected chi connectivity index (χ1v) is 5.57. The summed E-state index contributed by atoms with van der Waals surface area (Å²) >= 11 is 0. The molecular weight excluding hydrogens is 172 g/mol. The Hall–Kier alpha value is -0.820. The molecule has 0 aliphatic heterocycles. The van der Waals surface area contributed by atoms with E-state index in [9.17, 15) is 5.11 Å². The topological polar surface area (TPSA) is 20.2 Å². The minimum atomic E-state index is 0.347. The Bertz CT molecular complexity index is 268. The van der Waals surface area contributed by atoms with Crippen molar-refractivity contribution in [3.63, 3.8) is 0 Å². The van der Waals surface area contributed by atoms with Crippen LogP contribution in [-0.4, -0.2) is 11.7 Å². The first-order valence-electron chi connectivity index (χ1n) is 5.57. The van der Waals surface area contributed by atoms with Crippen molar-refractivity contribution in [3.05, 3.63) is 35.9 Å². The van der Waals surface area contributed by atoms with E-state index >= 15 is 0 Å².